The molecule has 0 radical (unpaired) electrons. The van der Waals surface area contributed by atoms with Crippen LogP contribution in [0.15, 0.2) is 54.6 Å². The highest BCUT2D eigenvalue weighted by atomic mass is 16.2. The van der Waals surface area contributed by atoms with Gasteiger partial charge in [-0.25, -0.2) is 0 Å². The summed E-state index contributed by atoms with van der Waals surface area (Å²) in [6.45, 7) is 5.76. The largest absolute Gasteiger partial charge is 0.350 e. The molecule has 2 aromatic rings. The summed E-state index contributed by atoms with van der Waals surface area (Å²) in [5.74, 6) is -0.290. The van der Waals surface area contributed by atoms with Crippen molar-refractivity contribution in [1.82, 2.24) is 10.6 Å². The first-order valence-corrected chi connectivity index (χ1v) is 7.74. The Morgan fingerprint density at radius 2 is 1.22 bits per heavy atom. The SMILES string of the molecule is CC(C)NC(=O)c1ccc(C(=O)NC(C)c2ccccc2)cc1. The number of benzene rings is 2. The second-order valence-electron chi connectivity index (χ2n) is 5.81. The first-order chi connectivity index (χ1) is 11.0. The number of hydrogen-bond donors (Lipinski definition) is 2. The maximum atomic E-state index is 12.3. The fourth-order valence-corrected chi connectivity index (χ4v) is 2.22. The topological polar surface area (TPSA) is 58.2 Å². The number of carbonyl (C=O) groups excluding carboxylic acids is 2. The molecule has 0 aromatic heterocycles. The first-order valence-electron chi connectivity index (χ1n) is 7.74. The molecular weight excluding hydrogens is 288 g/mol. The van der Waals surface area contributed by atoms with Gasteiger partial charge in [-0.05, 0) is 50.6 Å². The highest BCUT2D eigenvalue weighted by molar-refractivity contribution is 5.98. The van der Waals surface area contributed by atoms with E-state index in [2.05, 4.69) is 10.6 Å². The van der Waals surface area contributed by atoms with Gasteiger partial charge in [0.1, 0.15) is 0 Å². The van der Waals surface area contributed by atoms with E-state index in [1.165, 1.54) is 0 Å². The van der Waals surface area contributed by atoms with E-state index in [9.17, 15) is 9.59 Å². The summed E-state index contributed by atoms with van der Waals surface area (Å²) in [5, 5.41) is 5.78. The summed E-state index contributed by atoms with van der Waals surface area (Å²) in [4.78, 5) is 24.2. The lowest BCUT2D eigenvalue weighted by Crippen LogP contribution is -2.30. The number of carbonyl (C=O) groups is 2. The van der Waals surface area contributed by atoms with Crippen LogP contribution in [0.3, 0.4) is 0 Å². The van der Waals surface area contributed by atoms with Crippen molar-refractivity contribution in [2.45, 2.75) is 32.9 Å². The van der Waals surface area contributed by atoms with Gasteiger partial charge >= 0.3 is 0 Å². The Morgan fingerprint density at radius 3 is 1.70 bits per heavy atom. The molecule has 23 heavy (non-hydrogen) atoms. The minimum Gasteiger partial charge on any atom is -0.350 e. The van der Waals surface area contributed by atoms with E-state index in [0.29, 0.717) is 11.1 Å². The zero-order chi connectivity index (χ0) is 16.8. The van der Waals surface area contributed by atoms with Crippen molar-refractivity contribution in [2.75, 3.05) is 0 Å². The molecule has 4 nitrogen and oxygen atoms in total. The standard InChI is InChI=1S/C19H22N2O2/c1-13(2)20-18(22)16-9-11-17(12-10-16)19(23)21-14(3)15-7-5-4-6-8-15/h4-14H,1-3H3,(H,20,22)(H,21,23). The van der Waals surface area contributed by atoms with E-state index in [0.717, 1.165) is 5.56 Å². The van der Waals surface area contributed by atoms with Gasteiger partial charge in [0, 0.05) is 17.2 Å². The van der Waals surface area contributed by atoms with Crippen molar-refractivity contribution in [2.24, 2.45) is 0 Å². The molecular formula is C19H22N2O2. The van der Waals surface area contributed by atoms with Crippen LogP contribution in [-0.4, -0.2) is 17.9 Å². The molecule has 0 fully saturated rings. The van der Waals surface area contributed by atoms with Gasteiger partial charge in [-0.15, -0.1) is 0 Å². The maximum Gasteiger partial charge on any atom is 0.251 e. The van der Waals surface area contributed by atoms with Crippen molar-refractivity contribution in [3.05, 3.63) is 71.3 Å². The third-order valence-corrected chi connectivity index (χ3v) is 3.48. The van der Waals surface area contributed by atoms with Crippen molar-refractivity contribution in [1.29, 1.82) is 0 Å². The number of amides is 2. The zero-order valence-corrected chi connectivity index (χ0v) is 13.7. The highest BCUT2D eigenvalue weighted by Crippen LogP contribution is 2.13. The maximum absolute atomic E-state index is 12.3. The van der Waals surface area contributed by atoms with Gasteiger partial charge in [-0.2, -0.15) is 0 Å². The summed E-state index contributed by atoms with van der Waals surface area (Å²) in [6.07, 6.45) is 0. The predicted octanol–water partition coefficient (Wildman–Crippen LogP) is 3.32. The molecule has 0 aliphatic heterocycles. The van der Waals surface area contributed by atoms with Gasteiger partial charge in [0.2, 0.25) is 0 Å². The summed E-state index contributed by atoms with van der Waals surface area (Å²) >= 11 is 0. The lowest BCUT2D eigenvalue weighted by Gasteiger charge is -2.14. The molecule has 0 aliphatic rings. The molecule has 0 aliphatic carbocycles. The molecule has 0 spiro atoms. The Balaban J connectivity index is 2.01. The minimum atomic E-state index is -0.155. The molecule has 0 saturated carbocycles. The second kappa shape index (κ2) is 7.58. The molecule has 4 heteroatoms. The summed E-state index contributed by atoms with van der Waals surface area (Å²) < 4.78 is 0. The zero-order valence-electron chi connectivity index (χ0n) is 13.7. The van der Waals surface area contributed by atoms with Gasteiger partial charge in [-0.3, -0.25) is 9.59 Å². The van der Waals surface area contributed by atoms with Crippen LogP contribution in [0.1, 0.15) is 53.1 Å². The fraction of sp³-hybridized carbons (Fsp3) is 0.263. The van der Waals surface area contributed by atoms with Crippen LogP contribution in [0.5, 0.6) is 0 Å². The van der Waals surface area contributed by atoms with Crippen molar-refractivity contribution in [3.63, 3.8) is 0 Å². The molecule has 2 aromatic carbocycles. The summed E-state index contributed by atoms with van der Waals surface area (Å²) in [6, 6.07) is 16.5. The normalized spacial score (nSPS) is 11.8. The summed E-state index contributed by atoms with van der Waals surface area (Å²) in [7, 11) is 0. The van der Waals surface area contributed by atoms with Gasteiger partial charge < -0.3 is 10.6 Å². The molecule has 1 atom stereocenters. The molecule has 1 unspecified atom stereocenters. The van der Waals surface area contributed by atoms with Crippen LogP contribution in [0.4, 0.5) is 0 Å². The molecule has 0 bridgehead atoms. The summed E-state index contributed by atoms with van der Waals surface area (Å²) in [5.41, 5.74) is 2.13. The van der Waals surface area contributed by atoms with Crippen molar-refractivity contribution in [3.8, 4) is 0 Å². The van der Waals surface area contributed by atoms with Crippen LogP contribution >= 0.6 is 0 Å². The monoisotopic (exact) mass is 310 g/mol. The Labute approximate surface area is 136 Å². The Kier molecular flexibility index (Phi) is 5.52. The minimum absolute atomic E-state index is 0.0763. The number of nitrogens with one attached hydrogen (secondary N) is 2. The van der Waals surface area contributed by atoms with E-state index < -0.39 is 0 Å². The Bertz CT molecular complexity index is 664. The van der Waals surface area contributed by atoms with Crippen LogP contribution in [-0.2, 0) is 0 Å². The van der Waals surface area contributed by atoms with Crippen LogP contribution in [0, 0.1) is 0 Å². The van der Waals surface area contributed by atoms with Crippen LogP contribution in [0.2, 0.25) is 0 Å². The third-order valence-electron chi connectivity index (χ3n) is 3.48. The average molecular weight is 310 g/mol. The van der Waals surface area contributed by atoms with Crippen molar-refractivity contribution >= 4 is 11.8 Å². The Morgan fingerprint density at radius 1 is 0.739 bits per heavy atom. The molecule has 2 N–H and O–H groups in total. The quantitative estimate of drug-likeness (QED) is 0.890. The van der Waals surface area contributed by atoms with Crippen LogP contribution < -0.4 is 10.6 Å². The second-order valence-corrected chi connectivity index (χ2v) is 5.81. The van der Waals surface area contributed by atoms with E-state index in [4.69, 9.17) is 0 Å². The van der Waals surface area contributed by atoms with Crippen LogP contribution in [0.25, 0.3) is 0 Å². The van der Waals surface area contributed by atoms with Gasteiger partial charge in [-0.1, -0.05) is 30.3 Å². The molecule has 2 amide bonds. The fourth-order valence-electron chi connectivity index (χ4n) is 2.22. The van der Waals surface area contributed by atoms with E-state index in [1.807, 2.05) is 51.1 Å². The molecule has 120 valence electrons. The van der Waals surface area contributed by atoms with Gasteiger partial charge in [0.25, 0.3) is 11.8 Å². The number of hydrogen-bond acceptors (Lipinski definition) is 2. The first kappa shape index (κ1) is 16.7. The van der Waals surface area contributed by atoms with Crippen molar-refractivity contribution < 1.29 is 9.59 Å². The molecule has 2 rings (SSSR count). The lowest BCUT2D eigenvalue weighted by atomic mass is 10.1. The predicted molar refractivity (Wildman–Crippen MR) is 91.4 cm³/mol. The molecule has 0 saturated heterocycles. The van der Waals surface area contributed by atoms with Gasteiger partial charge in [0.15, 0.2) is 0 Å². The van der Waals surface area contributed by atoms with E-state index in [1.54, 1.807) is 24.3 Å². The third kappa shape index (κ3) is 4.68. The number of rotatable bonds is 5. The van der Waals surface area contributed by atoms with E-state index >= 15 is 0 Å². The average Bonchev–Trinajstić information content (AvgIpc) is 2.55. The van der Waals surface area contributed by atoms with E-state index in [-0.39, 0.29) is 23.9 Å². The lowest BCUT2D eigenvalue weighted by molar-refractivity contribution is 0.0929. The van der Waals surface area contributed by atoms with Gasteiger partial charge in [0.05, 0.1) is 6.04 Å². The smallest absolute Gasteiger partial charge is 0.251 e. The molecule has 0 heterocycles. The Hall–Kier alpha value is -2.62. The highest BCUT2D eigenvalue weighted by Gasteiger charge is 2.12.